The van der Waals surface area contributed by atoms with Crippen molar-refractivity contribution < 1.29 is 0 Å². The van der Waals surface area contributed by atoms with Gasteiger partial charge in [-0.15, -0.1) is 10.2 Å². The number of H-pyrrole nitrogens is 1. The molecule has 2 aromatic heterocycles. The van der Waals surface area contributed by atoms with Crippen LogP contribution in [-0.2, 0) is 7.05 Å². The van der Waals surface area contributed by atoms with Gasteiger partial charge in [0.2, 0.25) is 0 Å². The molecule has 0 saturated carbocycles. The summed E-state index contributed by atoms with van der Waals surface area (Å²) in [6.45, 7) is 2.88. The van der Waals surface area contributed by atoms with Crippen LogP contribution in [0.15, 0.2) is 27.8 Å². The van der Waals surface area contributed by atoms with Crippen molar-refractivity contribution in [3.63, 3.8) is 0 Å². The third kappa shape index (κ3) is 3.10. The van der Waals surface area contributed by atoms with Gasteiger partial charge in [-0.05, 0) is 12.1 Å². The van der Waals surface area contributed by atoms with E-state index in [4.69, 9.17) is 0 Å². The molecule has 128 valence electrons. The molecule has 3 rings (SSSR count). The smallest absolute Gasteiger partial charge is 0.329 e. The maximum atomic E-state index is 11.8. The van der Waals surface area contributed by atoms with Gasteiger partial charge in [0, 0.05) is 53.4 Å². The lowest BCUT2D eigenvalue weighted by atomic mass is 10.3. The average molecular weight is 331 g/mol. The van der Waals surface area contributed by atoms with Gasteiger partial charge >= 0.3 is 5.69 Å². The maximum absolute atomic E-state index is 11.8. The van der Waals surface area contributed by atoms with Crippen molar-refractivity contribution in [2.75, 3.05) is 55.0 Å². The lowest BCUT2D eigenvalue weighted by molar-refractivity contribution is 0.631. The molecule has 1 N–H and O–H groups in total. The van der Waals surface area contributed by atoms with Crippen molar-refractivity contribution in [2.24, 2.45) is 7.05 Å². The van der Waals surface area contributed by atoms with E-state index in [0.29, 0.717) is 18.9 Å². The van der Waals surface area contributed by atoms with Gasteiger partial charge in [0.05, 0.1) is 0 Å². The van der Waals surface area contributed by atoms with E-state index < -0.39 is 5.69 Å². The molecule has 0 spiro atoms. The van der Waals surface area contributed by atoms with E-state index in [9.17, 15) is 9.59 Å². The normalized spacial score (nSPS) is 14.8. The Morgan fingerprint density at radius 3 is 2.25 bits per heavy atom. The van der Waals surface area contributed by atoms with Gasteiger partial charge in [0.15, 0.2) is 11.6 Å². The Bertz CT molecular complexity index is 786. The number of hydrogen-bond acceptors (Lipinski definition) is 7. The second kappa shape index (κ2) is 6.34. The van der Waals surface area contributed by atoms with Crippen LogP contribution < -0.4 is 25.9 Å². The van der Waals surface area contributed by atoms with E-state index in [1.807, 2.05) is 36.0 Å². The van der Waals surface area contributed by atoms with Crippen LogP contribution in [0.25, 0.3) is 0 Å². The molecule has 3 heterocycles. The molecular formula is C15H21N7O2. The summed E-state index contributed by atoms with van der Waals surface area (Å²) in [6.07, 6.45) is 0. The Labute approximate surface area is 139 Å². The number of aromatic nitrogens is 4. The third-order valence-electron chi connectivity index (χ3n) is 4.17. The minimum absolute atomic E-state index is 0.304. The molecule has 1 saturated heterocycles. The fraction of sp³-hybridized carbons (Fsp3) is 0.467. The first-order chi connectivity index (χ1) is 11.5. The summed E-state index contributed by atoms with van der Waals surface area (Å²) in [6, 6.07) is 5.36. The Morgan fingerprint density at radius 1 is 1.04 bits per heavy atom. The molecule has 0 amide bonds. The topological polar surface area (TPSA) is 90.4 Å². The first-order valence-electron chi connectivity index (χ1n) is 7.77. The zero-order valence-electron chi connectivity index (χ0n) is 14.1. The number of piperazine rings is 1. The first-order valence-corrected chi connectivity index (χ1v) is 7.77. The van der Waals surface area contributed by atoms with Crippen LogP contribution >= 0.6 is 0 Å². The Balaban J connectivity index is 1.69. The fourth-order valence-corrected chi connectivity index (χ4v) is 2.62. The van der Waals surface area contributed by atoms with Crippen LogP contribution in [0.5, 0.6) is 0 Å². The van der Waals surface area contributed by atoms with Gasteiger partial charge < -0.3 is 14.7 Å². The van der Waals surface area contributed by atoms with Crippen molar-refractivity contribution in [3.05, 3.63) is 39.0 Å². The summed E-state index contributed by atoms with van der Waals surface area (Å²) < 4.78 is 1.06. The predicted molar refractivity (Wildman–Crippen MR) is 93.1 cm³/mol. The molecule has 0 atom stereocenters. The molecule has 0 unspecified atom stereocenters. The molecule has 0 bridgehead atoms. The molecule has 0 radical (unpaired) electrons. The summed E-state index contributed by atoms with van der Waals surface area (Å²) >= 11 is 0. The Kier molecular flexibility index (Phi) is 4.24. The van der Waals surface area contributed by atoms with Crippen LogP contribution in [-0.4, -0.2) is 60.0 Å². The van der Waals surface area contributed by atoms with Crippen LogP contribution in [0.4, 0.5) is 17.5 Å². The van der Waals surface area contributed by atoms with E-state index in [0.717, 1.165) is 29.3 Å². The van der Waals surface area contributed by atoms with Crippen LogP contribution in [0.3, 0.4) is 0 Å². The van der Waals surface area contributed by atoms with E-state index in [2.05, 4.69) is 20.1 Å². The molecule has 1 fully saturated rings. The summed E-state index contributed by atoms with van der Waals surface area (Å²) in [4.78, 5) is 32.3. The Hall–Kier alpha value is -2.84. The number of hydrogen-bond donors (Lipinski definition) is 1. The minimum atomic E-state index is -0.398. The van der Waals surface area contributed by atoms with Crippen molar-refractivity contribution in [1.29, 1.82) is 0 Å². The van der Waals surface area contributed by atoms with E-state index >= 15 is 0 Å². The quantitative estimate of drug-likeness (QED) is 0.792. The standard InChI is InChI=1S/C15H21N7O2/c1-19(2)11-4-5-12(18-17-11)21-6-8-22(9-7-21)13-10-14(23)20(3)15(24)16-13/h4-5,10H,6-9H2,1-3H3,(H,16,24). The van der Waals surface area contributed by atoms with E-state index in [-0.39, 0.29) is 5.56 Å². The van der Waals surface area contributed by atoms with Crippen molar-refractivity contribution in [1.82, 2.24) is 19.7 Å². The van der Waals surface area contributed by atoms with Gasteiger partial charge in [-0.2, -0.15) is 0 Å². The number of nitrogens with one attached hydrogen (secondary N) is 1. The molecular weight excluding hydrogens is 310 g/mol. The van der Waals surface area contributed by atoms with Crippen molar-refractivity contribution in [2.45, 2.75) is 0 Å². The van der Waals surface area contributed by atoms with E-state index in [1.54, 1.807) is 0 Å². The van der Waals surface area contributed by atoms with Gasteiger partial charge in [0.25, 0.3) is 5.56 Å². The van der Waals surface area contributed by atoms with Crippen LogP contribution in [0.1, 0.15) is 0 Å². The highest BCUT2D eigenvalue weighted by molar-refractivity contribution is 5.47. The maximum Gasteiger partial charge on any atom is 0.329 e. The van der Waals surface area contributed by atoms with Crippen molar-refractivity contribution >= 4 is 17.5 Å². The summed E-state index contributed by atoms with van der Waals surface area (Å²) in [7, 11) is 5.31. The first kappa shape index (κ1) is 16.0. The predicted octanol–water partition coefficient (Wildman–Crippen LogP) is -0.744. The third-order valence-corrected chi connectivity index (χ3v) is 4.17. The zero-order valence-corrected chi connectivity index (χ0v) is 14.1. The molecule has 1 aliphatic rings. The second-order valence-electron chi connectivity index (χ2n) is 5.98. The lowest BCUT2D eigenvalue weighted by Crippen LogP contribution is -2.48. The van der Waals surface area contributed by atoms with E-state index in [1.165, 1.54) is 13.1 Å². The molecule has 0 aliphatic carbocycles. The number of aromatic amines is 1. The second-order valence-corrected chi connectivity index (χ2v) is 5.98. The lowest BCUT2D eigenvalue weighted by Gasteiger charge is -2.36. The summed E-state index contributed by atoms with van der Waals surface area (Å²) in [5.41, 5.74) is -0.702. The van der Waals surface area contributed by atoms with Gasteiger partial charge in [-0.25, -0.2) is 4.79 Å². The Morgan fingerprint density at radius 2 is 1.71 bits per heavy atom. The molecule has 0 aromatic carbocycles. The zero-order chi connectivity index (χ0) is 17.3. The molecule has 24 heavy (non-hydrogen) atoms. The average Bonchev–Trinajstić information content (AvgIpc) is 2.59. The monoisotopic (exact) mass is 331 g/mol. The van der Waals surface area contributed by atoms with Gasteiger partial charge in [-0.1, -0.05) is 0 Å². The number of rotatable bonds is 3. The highest BCUT2D eigenvalue weighted by Gasteiger charge is 2.20. The summed E-state index contributed by atoms with van der Waals surface area (Å²) in [5.74, 6) is 2.21. The SMILES string of the molecule is CN(C)c1ccc(N2CCN(c3cc(=O)n(C)c(=O)[nH]3)CC2)nn1. The number of nitrogens with zero attached hydrogens (tertiary/aromatic N) is 6. The van der Waals surface area contributed by atoms with Gasteiger partial charge in [0.1, 0.15) is 5.82 Å². The highest BCUT2D eigenvalue weighted by Crippen LogP contribution is 2.17. The van der Waals surface area contributed by atoms with Gasteiger partial charge in [-0.3, -0.25) is 14.3 Å². The molecule has 2 aromatic rings. The number of anilines is 3. The minimum Gasteiger partial charge on any atom is -0.361 e. The summed E-state index contributed by atoms with van der Waals surface area (Å²) in [5, 5.41) is 8.46. The van der Waals surface area contributed by atoms with Crippen LogP contribution in [0, 0.1) is 0 Å². The largest absolute Gasteiger partial charge is 0.361 e. The molecule has 1 aliphatic heterocycles. The molecule has 9 nitrogen and oxygen atoms in total. The van der Waals surface area contributed by atoms with Crippen molar-refractivity contribution in [3.8, 4) is 0 Å². The molecule has 9 heteroatoms. The van der Waals surface area contributed by atoms with Crippen LogP contribution in [0.2, 0.25) is 0 Å². The fourth-order valence-electron chi connectivity index (χ4n) is 2.62. The highest BCUT2D eigenvalue weighted by atomic mass is 16.2.